The zero-order valence-corrected chi connectivity index (χ0v) is 14.0. The lowest BCUT2D eigenvalue weighted by Gasteiger charge is -2.29. The van der Waals surface area contributed by atoms with Crippen LogP contribution in [0.2, 0.25) is 0 Å². The predicted molar refractivity (Wildman–Crippen MR) is 86.6 cm³/mol. The van der Waals surface area contributed by atoms with Crippen LogP contribution in [0.4, 0.5) is 4.79 Å². The molecule has 1 aromatic rings. The minimum atomic E-state index is -0.446. The molecule has 5 heteroatoms. The largest absolute Gasteiger partial charge is 0.444 e. The van der Waals surface area contributed by atoms with Gasteiger partial charge in [0.05, 0.1) is 5.69 Å². The van der Waals surface area contributed by atoms with E-state index < -0.39 is 5.60 Å². The van der Waals surface area contributed by atoms with E-state index in [-0.39, 0.29) is 18.2 Å². The van der Waals surface area contributed by atoms with Gasteiger partial charge < -0.3 is 15.0 Å². The summed E-state index contributed by atoms with van der Waals surface area (Å²) in [7, 11) is 0. The van der Waals surface area contributed by atoms with Crippen molar-refractivity contribution in [2.45, 2.75) is 58.2 Å². The first-order valence-corrected chi connectivity index (χ1v) is 8.01. The molecule has 1 aliphatic rings. The lowest BCUT2D eigenvalue weighted by Crippen LogP contribution is -2.44. The first kappa shape index (κ1) is 16.7. The third kappa shape index (κ3) is 4.70. The van der Waals surface area contributed by atoms with Crippen LogP contribution in [0.5, 0.6) is 0 Å². The molecule has 1 aliphatic heterocycles. The molecule has 1 saturated heterocycles. The van der Waals surface area contributed by atoms with Crippen molar-refractivity contribution in [3.63, 3.8) is 0 Å². The number of nitrogens with one attached hydrogen (secondary N) is 1. The Morgan fingerprint density at radius 2 is 2.27 bits per heavy atom. The third-order valence-electron chi connectivity index (χ3n) is 3.80. The Kier molecular flexibility index (Phi) is 5.40. The van der Waals surface area contributed by atoms with Gasteiger partial charge in [-0.1, -0.05) is 6.07 Å². The number of pyridine rings is 1. The Bertz CT molecular complexity index is 484. The fraction of sp³-hybridized carbons (Fsp3) is 0.647. The van der Waals surface area contributed by atoms with E-state index in [0.29, 0.717) is 0 Å². The van der Waals surface area contributed by atoms with E-state index in [4.69, 9.17) is 4.74 Å². The lowest BCUT2D eigenvalue weighted by atomic mass is 10.1. The molecule has 2 heterocycles. The number of hydrogen-bond donors (Lipinski definition) is 1. The lowest BCUT2D eigenvalue weighted by molar-refractivity contribution is 0.0225. The zero-order valence-electron chi connectivity index (χ0n) is 14.0. The molecule has 1 fully saturated rings. The summed E-state index contributed by atoms with van der Waals surface area (Å²) < 4.78 is 5.49. The van der Waals surface area contributed by atoms with E-state index >= 15 is 0 Å². The number of nitrogens with zero attached hydrogens (tertiary/aromatic N) is 2. The van der Waals surface area contributed by atoms with Gasteiger partial charge in [0.15, 0.2) is 0 Å². The van der Waals surface area contributed by atoms with Crippen molar-refractivity contribution in [2.24, 2.45) is 0 Å². The van der Waals surface area contributed by atoms with Crippen LogP contribution in [0.1, 0.15) is 52.3 Å². The smallest absolute Gasteiger partial charge is 0.410 e. The highest BCUT2D eigenvalue weighted by molar-refractivity contribution is 5.69. The number of hydrogen-bond acceptors (Lipinski definition) is 4. The van der Waals surface area contributed by atoms with Gasteiger partial charge in [0.2, 0.25) is 0 Å². The van der Waals surface area contributed by atoms with Gasteiger partial charge in [0.1, 0.15) is 5.60 Å². The highest BCUT2D eigenvalue weighted by Crippen LogP contribution is 2.21. The highest BCUT2D eigenvalue weighted by atomic mass is 16.6. The van der Waals surface area contributed by atoms with E-state index in [1.807, 2.05) is 43.9 Å². The van der Waals surface area contributed by atoms with E-state index in [1.54, 1.807) is 6.20 Å². The Labute approximate surface area is 133 Å². The number of carbonyl (C=O) groups excluding carboxylic acids is 1. The normalized spacial score (nSPS) is 20.0. The van der Waals surface area contributed by atoms with Crippen LogP contribution in [0.25, 0.3) is 0 Å². The molecule has 0 unspecified atom stereocenters. The number of ether oxygens (including phenoxy) is 1. The van der Waals surface area contributed by atoms with Gasteiger partial charge in [-0.3, -0.25) is 4.98 Å². The molecular weight excluding hydrogens is 278 g/mol. The standard InChI is InChI=1S/C17H27N3O2/c1-13(15-9-5-6-10-18-15)19-12-14-8-7-11-20(14)16(21)22-17(2,3)4/h5-6,9-10,13-14,19H,7-8,11-12H2,1-4H3/t13-,14+/m0/s1. The molecule has 0 aromatic carbocycles. The molecule has 1 aromatic heterocycles. The molecule has 22 heavy (non-hydrogen) atoms. The minimum Gasteiger partial charge on any atom is -0.444 e. The van der Waals surface area contributed by atoms with Gasteiger partial charge in [-0.25, -0.2) is 4.79 Å². The molecule has 2 atom stereocenters. The molecule has 122 valence electrons. The maximum atomic E-state index is 12.2. The highest BCUT2D eigenvalue weighted by Gasteiger charge is 2.32. The average molecular weight is 305 g/mol. The van der Waals surface area contributed by atoms with Gasteiger partial charge in [0.25, 0.3) is 0 Å². The first-order valence-electron chi connectivity index (χ1n) is 8.01. The molecular formula is C17H27N3O2. The van der Waals surface area contributed by atoms with Crippen molar-refractivity contribution in [2.75, 3.05) is 13.1 Å². The molecule has 0 bridgehead atoms. The van der Waals surface area contributed by atoms with Gasteiger partial charge in [-0.05, 0) is 52.7 Å². The summed E-state index contributed by atoms with van der Waals surface area (Å²) in [5.41, 5.74) is 0.572. The van der Waals surface area contributed by atoms with Crippen LogP contribution < -0.4 is 5.32 Å². The summed E-state index contributed by atoms with van der Waals surface area (Å²) >= 11 is 0. The monoisotopic (exact) mass is 305 g/mol. The van der Waals surface area contributed by atoms with Crippen molar-refractivity contribution in [3.05, 3.63) is 30.1 Å². The number of likely N-dealkylation sites (tertiary alicyclic amines) is 1. The second kappa shape index (κ2) is 7.09. The van der Waals surface area contributed by atoms with Crippen LogP contribution >= 0.6 is 0 Å². The molecule has 5 nitrogen and oxygen atoms in total. The van der Waals surface area contributed by atoms with Crippen LogP contribution in [0, 0.1) is 0 Å². The molecule has 0 saturated carbocycles. The summed E-state index contributed by atoms with van der Waals surface area (Å²) in [5.74, 6) is 0. The fourth-order valence-corrected chi connectivity index (χ4v) is 2.66. The van der Waals surface area contributed by atoms with Crippen molar-refractivity contribution >= 4 is 6.09 Å². The van der Waals surface area contributed by atoms with Crippen LogP contribution in [0.3, 0.4) is 0 Å². The van der Waals surface area contributed by atoms with Crippen LogP contribution in [0.15, 0.2) is 24.4 Å². The number of aromatic nitrogens is 1. The van der Waals surface area contributed by atoms with E-state index in [2.05, 4.69) is 17.2 Å². The molecule has 2 rings (SSSR count). The quantitative estimate of drug-likeness (QED) is 0.928. The first-order chi connectivity index (χ1) is 10.4. The van der Waals surface area contributed by atoms with Gasteiger partial charge >= 0.3 is 6.09 Å². The second-order valence-electron chi connectivity index (χ2n) is 6.85. The van der Waals surface area contributed by atoms with Crippen LogP contribution in [-0.2, 0) is 4.74 Å². The van der Waals surface area contributed by atoms with Crippen molar-refractivity contribution < 1.29 is 9.53 Å². The summed E-state index contributed by atoms with van der Waals surface area (Å²) in [6.07, 6.45) is 3.64. The summed E-state index contributed by atoms with van der Waals surface area (Å²) in [6.45, 7) is 9.33. The van der Waals surface area contributed by atoms with Gasteiger partial charge in [-0.2, -0.15) is 0 Å². The molecule has 1 amide bonds. The molecule has 1 N–H and O–H groups in total. The SMILES string of the molecule is C[C@H](NC[C@H]1CCCN1C(=O)OC(C)(C)C)c1ccccn1. The average Bonchev–Trinajstić information content (AvgIpc) is 2.92. The summed E-state index contributed by atoms with van der Waals surface area (Å²) in [4.78, 5) is 18.5. The Hall–Kier alpha value is -1.62. The second-order valence-corrected chi connectivity index (χ2v) is 6.85. The van der Waals surface area contributed by atoms with Crippen molar-refractivity contribution in [3.8, 4) is 0 Å². The molecule has 0 aliphatic carbocycles. The van der Waals surface area contributed by atoms with E-state index in [0.717, 1.165) is 31.6 Å². The number of carbonyl (C=O) groups is 1. The van der Waals surface area contributed by atoms with Gasteiger partial charge in [-0.15, -0.1) is 0 Å². The Balaban J connectivity index is 1.87. The Morgan fingerprint density at radius 1 is 1.50 bits per heavy atom. The van der Waals surface area contributed by atoms with E-state index in [1.165, 1.54) is 0 Å². The fourth-order valence-electron chi connectivity index (χ4n) is 2.66. The minimum absolute atomic E-state index is 0.169. The maximum Gasteiger partial charge on any atom is 0.410 e. The van der Waals surface area contributed by atoms with Crippen LogP contribution in [-0.4, -0.2) is 40.7 Å². The topological polar surface area (TPSA) is 54.5 Å². The number of amides is 1. The third-order valence-corrected chi connectivity index (χ3v) is 3.80. The molecule has 0 radical (unpaired) electrons. The van der Waals surface area contributed by atoms with Crippen molar-refractivity contribution in [1.29, 1.82) is 0 Å². The molecule has 0 spiro atoms. The van der Waals surface area contributed by atoms with E-state index in [9.17, 15) is 4.79 Å². The maximum absolute atomic E-state index is 12.2. The summed E-state index contributed by atoms with van der Waals surface area (Å²) in [5, 5.41) is 3.48. The predicted octanol–water partition coefficient (Wildman–Crippen LogP) is 3.13. The Morgan fingerprint density at radius 3 is 2.91 bits per heavy atom. The van der Waals surface area contributed by atoms with Gasteiger partial charge in [0, 0.05) is 31.4 Å². The zero-order chi connectivity index (χ0) is 16.2. The van der Waals surface area contributed by atoms with Crippen molar-refractivity contribution in [1.82, 2.24) is 15.2 Å². The summed E-state index contributed by atoms with van der Waals surface area (Å²) in [6, 6.07) is 6.28. The number of rotatable bonds is 4.